The van der Waals surface area contributed by atoms with Gasteiger partial charge in [0.15, 0.2) is 0 Å². The van der Waals surface area contributed by atoms with Crippen LogP contribution in [-0.4, -0.2) is 25.8 Å². The molecular formula is C14H19BrN2O2S. The summed E-state index contributed by atoms with van der Waals surface area (Å²) < 4.78 is 28.0. The lowest BCUT2D eigenvalue weighted by molar-refractivity contribution is 0.382. The summed E-state index contributed by atoms with van der Waals surface area (Å²) >= 11 is 3.30. The molecule has 2 fully saturated rings. The number of anilines is 1. The zero-order valence-corrected chi connectivity index (χ0v) is 13.7. The number of hydrogen-bond donors (Lipinski definition) is 1. The number of rotatable bonds is 6. The van der Waals surface area contributed by atoms with E-state index >= 15 is 0 Å². The normalized spacial score (nSPS) is 19.5. The smallest absolute Gasteiger partial charge is 0.243 e. The maximum absolute atomic E-state index is 12.8. The van der Waals surface area contributed by atoms with Gasteiger partial charge in [0.2, 0.25) is 10.0 Å². The molecule has 2 aliphatic rings. The van der Waals surface area contributed by atoms with Crippen molar-refractivity contribution in [1.29, 1.82) is 0 Å². The van der Waals surface area contributed by atoms with Crippen LogP contribution in [-0.2, 0) is 10.0 Å². The summed E-state index contributed by atoms with van der Waals surface area (Å²) in [5.74, 6) is 1.10. The Hall–Kier alpha value is -0.590. The van der Waals surface area contributed by atoms with E-state index in [0.717, 1.165) is 30.2 Å². The van der Waals surface area contributed by atoms with Crippen molar-refractivity contribution in [2.45, 2.75) is 30.6 Å². The maximum atomic E-state index is 12.8. The van der Waals surface area contributed by atoms with Gasteiger partial charge in [-0.3, -0.25) is 0 Å². The van der Waals surface area contributed by atoms with Gasteiger partial charge in [0, 0.05) is 23.2 Å². The summed E-state index contributed by atoms with van der Waals surface area (Å²) in [6.45, 7) is 1.32. The van der Waals surface area contributed by atoms with Crippen LogP contribution in [0.1, 0.15) is 25.7 Å². The van der Waals surface area contributed by atoms with Gasteiger partial charge in [-0.2, -0.15) is 4.31 Å². The van der Waals surface area contributed by atoms with Crippen LogP contribution in [0.4, 0.5) is 5.69 Å². The molecule has 1 aromatic carbocycles. The van der Waals surface area contributed by atoms with Gasteiger partial charge < -0.3 is 5.73 Å². The lowest BCUT2D eigenvalue weighted by atomic mass is 10.3. The van der Waals surface area contributed by atoms with E-state index in [9.17, 15) is 8.42 Å². The van der Waals surface area contributed by atoms with Crippen molar-refractivity contribution >= 4 is 31.6 Å². The van der Waals surface area contributed by atoms with E-state index in [1.54, 1.807) is 22.5 Å². The minimum absolute atomic E-state index is 0.305. The van der Waals surface area contributed by atoms with E-state index in [0.29, 0.717) is 35.5 Å². The number of sulfonamides is 1. The zero-order valence-electron chi connectivity index (χ0n) is 11.3. The fraction of sp³-hybridized carbons (Fsp3) is 0.571. The van der Waals surface area contributed by atoms with Gasteiger partial charge in [-0.25, -0.2) is 8.42 Å². The molecule has 0 aromatic heterocycles. The molecule has 4 nitrogen and oxygen atoms in total. The Morgan fingerprint density at radius 3 is 2.15 bits per heavy atom. The molecule has 2 saturated carbocycles. The van der Waals surface area contributed by atoms with Crippen LogP contribution < -0.4 is 5.73 Å². The quantitative estimate of drug-likeness (QED) is 0.795. The zero-order chi connectivity index (χ0) is 14.3. The number of nitrogens with zero attached hydrogens (tertiary/aromatic N) is 1. The first kappa shape index (κ1) is 14.4. The molecule has 0 unspecified atom stereocenters. The van der Waals surface area contributed by atoms with Crippen LogP contribution in [0.3, 0.4) is 0 Å². The molecule has 3 rings (SSSR count). The molecule has 0 bridgehead atoms. The second-order valence-electron chi connectivity index (χ2n) is 5.89. The van der Waals surface area contributed by atoms with Gasteiger partial charge in [0.25, 0.3) is 0 Å². The Bertz CT molecular complexity index is 596. The topological polar surface area (TPSA) is 63.4 Å². The molecule has 0 spiro atoms. The van der Waals surface area contributed by atoms with Crippen molar-refractivity contribution in [3.63, 3.8) is 0 Å². The van der Waals surface area contributed by atoms with Crippen LogP contribution in [0, 0.1) is 11.8 Å². The Morgan fingerprint density at radius 2 is 1.70 bits per heavy atom. The monoisotopic (exact) mass is 358 g/mol. The molecule has 0 radical (unpaired) electrons. The molecule has 2 N–H and O–H groups in total. The van der Waals surface area contributed by atoms with Crippen molar-refractivity contribution in [2.24, 2.45) is 11.8 Å². The second-order valence-corrected chi connectivity index (χ2v) is 8.68. The van der Waals surface area contributed by atoms with Gasteiger partial charge in [-0.05, 0) is 71.6 Å². The van der Waals surface area contributed by atoms with Gasteiger partial charge in [0.05, 0.1) is 4.90 Å². The fourth-order valence-electron chi connectivity index (χ4n) is 2.28. The Kier molecular flexibility index (Phi) is 3.81. The molecule has 6 heteroatoms. The minimum atomic E-state index is -3.42. The first-order chi connectivity index (χ1) is 9.46. The van der Waals surface area contributed by atoms with Crippen molar-refractivity contribution < 1.29 is 8.42 Å². The Morgan fingerprint density at radius 1 is 1.15 bits per heavy atom. The van der Waals surface area contributed by atoms with Gasteiger partial charge in [-0.15, -0.1) is 0 Å². The van der Waals surface area contributed by atoms with Crippen molar-refractivity contribution in [3.8, 4) is 0 Å². The van der Waals surface area contributed by atoms with Crippen LogP contribution in [0.15, 0.2) is 27.6 Å². The first-order valence-electron chi connectivity index (χ1n) is 7.02. The van der Waals surface area contributed by atoms with E-state index in [1.165, 1.54) is 0 Å². The largest absolute Gasteiger partial charge is 0.398 e. The molecule has 0 saturated heterocycles. The highest BCUT2D eigenvalue weighted by molar-refractivity contribution is 9.10. The molecule has 2 aliphatic carbocycles. The summed E-state index contributed by atoms with van der Waals surface area (Å²) in [6.07, 6.45) is 4.61. The van der Waals surface area contributed by atoms with E-state index in [4.69, 9.17) is 5.73 Å². The van der Waals surface area contributed by atoms with E-state index in [-0.39, 0.29) is 0 Å². The summed E-state index contributed by atoms with van der Waals surface area (Å²) in [7, 11) is -3.42. The summed E-state index contributed by atoms with van der Waals surface area (Å²) in [4.78, 5) is 0.305. The third kappa shape index (κ3) is 3.18. The van der Waals surface area contributed by atoms with Gasteiger partial charge in [-0.1, -0.05) is 0 Å². The first-order valence-corrected chi connectivity index (χ1v) is 9.25. The average Bonchev–Trinajstić information content (AvgIpc) is 3.26. The number of halogens is 1. The third-order valence-electron chi connectivity index (χ3n) is 3.92. The average molecular weight is 359 g/mol. The molecule has 1 aromatic rings. The highest BCUT2D eigenvalue weighted by atomic mass is 79.9. The van der Waals surface area contributed by atoms with Crippen molar-refractivity contribution in [2.75, 3.05) is 18.8 Å². The molecule has 0 aliphatic heterocycles. The molecule has 0 atom stereocenters. The number of hydrogen-bond acceptors (Lipinski definition) is 3. The number of nitrogens with two attached hydrogens (primary N) is 1. The van der Waals surface area contributed by atoms with Crippen LogP contribution >= 0.6 is 15.9 Å². The fourth-order valence-corrected chi connectivity index (χ4v) is 4.15. The van der Waals surface area contributed by atoms with Crippen LogP contribution in [0.25, 0.3) is 0 Å². The minimum Gasteiger partial charge on any atom is -0.398 e. The van der Waals surface area contributed by atoms with Gasteiger partial charge >= 0.3 is 0 Å². The van der Waals surface area contributed by atoms with Crippen LogP contribution in [0.5, 0.6) is 0 Å². The molecular weight excluding hydrogens is 340 g/mol. The predicted molar refractivity (Wildman–Crippen MR) is 82.8 cm³/mol. The predicted octanol–water partition coefficient (Wildman–Crippen LogP) is 2.84. The Balaban J connectivity index is 1.86. The van der Waals surface area contributed by atoms with Crippen LogP contribution in [0.2, 0.25) is 0 Å². The molecule has 0 heterocycles. The maximum Gasteiger partial charge on any atom is 0.243 e. The van der Waals surface area contributed by atoms with E-state index < -0.39 is 10.0 Å². The Labute approximate surface area is 128 Å². The highest BCUT2D eigenvalue weighted by Gasteiger charge is 2.35. The van der Waals surface area contributed by atoms with E-state index in [2.05, 4.69) is 15.9 Å². The SMILES string of the molecule is Nc1cc(S(=O)(=O)N(CC2CC2)CC2CC2)ccc1Br. The molecule has 20 heavy (non-hydrogen) atoms. The van der Waals surface area contributed by atoms with Gasteiger partial charge in [0.1, 0.15) is 0 Å². The lowest BCUT2D eigenvalue weighted by Crippen LogP contribution is -2.34. The molecule has 0 amide bonds. The summed E-state index contributed by atoms with van der Waals surface area (Å²) in [5.41, 5.74) is 6.28. The molecule has 110 valence electrons. The van der Waals surface area contributed by atoms with Crippen molar-refractivity contribution in [1.82, 2.24) is 4.31 Å². The van der Waals surface area contributed by atoms with Crippen molar-refractivity contribution in [3.05, 3.63) is 22.7 Å². The standard InChI is InChI=1S/C14H19BrN2O2S/c15-13-6-5-12(7-14(13)16)20(18,19)17(8-10-1-2-10)9-11-3-4-11/h5-7,10-11H,1-4,8-9,16H2. The lowest BCUT2D eigenvalue weighted by Gasteiger charge is -2.22. The second kappa shape index (κ2) is 5.31. The summed E-state index contributed by atoms with van der Waals surface area (Å²) in [5, 5.41) is 0. The number of benzene rings is 1. The summed E-state index contributed by atoms with van der Waals surface area (Å²) in [6, 6.07) is 4.88. The number of nitrogen functional groups attached to an aromatic ring is 1. The van der Waals surface area contributed by atoms with E-state index in [1.807, 2.05) is 0 Å². The highest BCUT2D eigenvalue weighted by Crippen LogP contribution is 2.36. The third-order valence-corrected chi connectivity index (χ3v) is 6.47.